The van der Waals surface area contributed by atoms with Crippen LogP contribution in [0.15, 0.2) is 0 Å². The molecule has 0 saturated carbocycles. The van der Waals surface area contributed by atoms with E-state index in [2.05, 4.69) is 10.6 Å². The van der Waals surface area contributed by atoms with E-state index in [1.807, 2.05) is 0 Å². The minimum Gasteiger partial charge on any atom is -0.481 e. The average molecular weight is 288 g/mol. The molecule has 0 radical (unpaired) electrons. The van der Waals surface area contributed by atoms with Gasteiger partial charge in [-0.05, 0) is 12.8 Å². The van der Waals surface area contributed by atoms with Gasteiger partial charge in [-0.1, -0.05) is 0 Å². The van der Waals surface area contributed by atoms with Crippen molar-refractivity contribution in [2.75, 3.05) is 13.1 Å². The lowest BCUT2D eigenvalue weighted by Crippen LogP contribution is -2.26. The first-order valence-corrected chi connectivity index (χ1v) is 6.39. The molecule has 0 unspecified atom stereocenters. The molecule has 0 atom stereocenters. The molecule has 0 aromatic heterocycles. The second kappa shape index (κ2) is 10.8. The molecular weight excluding hydrogens is 268 g/mol. The first-order valence-electron chi connectivity index (χ1n) is 6.39. The molecule has 0 bridgehead atoms. The molecule has 20 heavy (non-hydrogen) atoms. The monoisotopic (exact) mass is 288 g/mol. The summed E-state index contributed by atoms with van der Waals surface area (Å²) in [6.45, 7) is 0.202. The van der Waals surface area contributed by atoms with Gasteiger partial charge in [0.2, 0.25) is 11.8 Å². The molecule has 0 aliphatic heterocycles. The van der Waals surface area contributed by atoms with Crippen LogP contribution in [0.5, 0.6) is 0 Å². The van der Waals surface area contributed by atoms with Gasteiger partial charge in [0.1, 0.15) is 0 Å². The van der Waals surface area contributed by atoms with Crippen molar-refractivity contribution in [1.29, 1.82) is 0 Å². The van der Waals surface area contributed by atoms with Crippen molar-refractivity contribution in [1.82, 2.24) is 10.6 Å². The Kier molecular flexibility index (Phi) is 9.63. The van der Waals surface area contributed by atoms with Gasteiger partial charge in [0, 0.05) is 25.9 Å². The number of unbranched alkanes of at least 4 members (excludes halogenated alkanes) is 1. The van der Waals surface area contributed by atoms with Gasteiger partial charge >= 0.3 is 11.9 Å². The molecule has 0 spiro atoms. The van der Waals surface area contributed by atoms with Crippen LogP contribution in [-0.4, -0.2) is 47.1 Å². The van der Waals surface area contributed by atoms with Gasteiger partial charge in [-0.3, -0.25) is 19.2 Å². The normalized spacial score (nSPS) is 9.80. The quantitative estimate of drug-likeness (QED) is 0.387. The number of hydrogen-bond donors (Lipinski definition) is 4. The van der Waals surface area contributed by atoms with E-state index in [1.54, 1.807) is 0 Å². The zero-order valence-electron chi connectivity index (χ0n) is 11.2. The van der Waals surface area contributed by atoms with Crippen LogP contribution in [0.1, 0.15) is 38.5 Å². The van der Waals surface area contributed by atoms with Crippen molar-refractivity contribution in [3.05, 3.63) is 0 Å². The minimum atomic E-state index is -0.969. The number of aliphatic carboxylic acids is 2. The fourth-order valence-corrected chi connectivity index (χ4v) is 1.37. The Hall–Kier alpha value is -2.12. The van der Waals surface area contributed by atoms with Crippen LogP contribution >= 0.6 is 0 Å². The van der Waals surface area contributed by atoms with Crippen molar-refractivity contribution in [2.24, 2.45) is 0 Å². The van der Waals surface area contributed by atoms with E-state index >= 15 is 0 Å². The molecule has 2 amide bonds. The van der Waals surface area contributed by atoms with Gasteiger partial charge in [-0.15, -0.1) is 0 Å². The molecule has 114 valence electrons. The Bertz CT molecular complexity index is 322. The van der Waals surface area contributed by atoms with Crippen LogP contribution in [0, 0.1) is 0 Å². The molecule has 0 aromatic rings. The van der Waals surface area contributed by atoms with Gasteiger partial charge in [0.15, 0.2) is 0 Å². The molecule has 8 heteroatoms. The van der Waals surface area contributed by atoms with Crippen LogP contribution < -0.4 is 10.6 Å². The Morgan fingerprint density at radius 1 is 0.650 bits per heavy atom. The van der Waals surface area contributed by atoms with Crippen LogP contribution in [0.3, 0.4) is 0 Å². The minimum absolute atomic E-state index is 0.101. The first-order chi connectivity index (χ1) is 9.41. The fraction of sp³-hybridized carbons (Fsp3) is 0.667. The summed E-state index contributed by atoms with van der Waals surface area (Å²) in [5.41, 5.74) is 0. The highest BCUT2D eigenvalue weighted by Crippen LogP contribution is 1.99. The van der Waals surface area contributed by atoms with Crippen molar-refractivity contribution in [3.8, 4) is 0 Å². The predicted octanol–water partition coefficient (Wildman–Crippen LogP) is -0.271. The van der Waals surface area contributed by atoms with Crippen molar-refractivity contribution >= 4 is 23.8 Å². The van der Waals surface area contributed by atoms with E-state index in [4.69, 9.17) is 10.2 Å². The highest BCUT2D eigenvalue weighted by atomic mass is 16.4. The molecule has 8 nitrogen and oxygen atoms in total. The Morgan fingerprint density at radius 3 is 1.30 bits per heavy atom. The molecule has 0 saturated heterocycles. The molecule has 4 N–H and O–H groups in total. The highest BCUT2D eigenvalue weighted by Gasteiger charge is 2.05. The van der Waals surface area contributed by atoms with E-state index in [1.165, 1.54) is 0 Å². The Balaban J connectivity index is 3.46. The standard InChI is InChI=1S/C12H20N2O6/c15-9(13-7-5-11(17)18)3-1-2-4-10(16)14-8-6-12(19)20/h1-8H2,(H,13,15)(H,14,16)(H,17,18)(H,19,20). The molecule has 0 aromatic carbocycles. The van der Waals surface area contributed by atoms with E-state index < -0.39 is 11.9 Å². The van der Waals surface area contributed by atoms with E-state index in [0.717, 1.165) is 0 Å². The van der Waals surface area contributed by atoms with Crippen LogP contribution in [0.25, 0.3) is 0 Å². The zero-order valence-corrected chi connectivity index (χ0v) is 11.2. The Morgan fingerprint density at radius 2 is 1.00 bits per heavy atom. The maximum Gasteiger partial charge on any atom is 0.305 e. The maximum atomic E-state index is 11.2. The zero-order chi connectivity index (χ0) is 15.4. The summed E-state index contributed by atoms with van der Waals surface area (Å²) in [5, 5.41) is 21.7. The molecule has 0 aliphatic carbocycles. The second-order valence-corrected chi connectivity index (χ2v) is 4.19. The van der Waals surface area contributed by atoms with Gasteiger partial charge in [0.25, 0.3) is 0 Å². The number of carboxylic acids is 2. The van der Waals surface area contributed by atoms with Crippen LogP contribution in [-0.2, 0) is 19.2 Å². The van der Waals surface area contributed by atoms with Gasteiger partial charge in [-0.2, -0.15) is 0 Å². The predicted molar refractivity (Wildman–Crippen MR) is 69.0 cm³/mol. The largest absolute Gasteiger partial charge is 0.481 e. The average Bonchev–Trinajstić information content (AvgIpc) is 2.33. The van der Waals surface area contributed by atoms with Crippen LogP contribution in [0.4, 0.5) is 0 Å². The number of carbonyl (C=O) groups is 4. The second-order valence-electron chi connectivity index (χ2n) is 4.19. The number of amides is 2. The van der Waals surface area contributed by atoms with Crippen molar-refractivity contribution in [3.63, 3.8) is 0 Å². The molecule has 0 fully saturated rings. The number of carbonyl (C=O) groups excluding carboxylic acids is 2. The topological polar surface area (TPSA) is 133 Å². The third-order valence-electron chi connectivity index (χ3n) is 2.38. The Labute approximate surface area is 116 Å². The van der Waals surface area contributed by atoms with E-state index in [0.29, 0.717) is 12.8 Å². The van der Waals surface area contributed by atoms with Crippen molar-refractivity contribution in [2.45, 2.75) is 38.5 Å². The summed E-state index contributed by atoms with van der Waals surface area (Å²) >= 11 is 0. The van der Waals surface area contributed by atoms with Crippen molar-refractivity contribution < 1.29 is 29.4 Å². The fourth-order valence-electron chi connectivity index (χ4n) is 1.37. The third kappa shape index (κ3) is 12.3. The summed E-state index contributed by atoms with van der Waals surface area (Å²) < 4.78 is 0. The lowest BCUT2D eigenvalue weighted by atomic mass is 10.2. The number of nitrogens with one attached hydrogen (secondary N) is 2. The first kappa shape index (κ1) is 17.9. The van der Waals surface area contributed by atoms with Crippen LogP contribution in [0.2, 0.25) is 0 Å². The highest BCUT2D eigenvalue weighted by molar-refractivity contribution is 5.78. The lowest BCUT2D eigenvalue weighted by Gasteiger charge is -2.04. The third-order valence-corrected chi connectivity index (χ3v) is 2.38. The molecule has 0 rings (SSSR count). The maximum absolute atomic E-state index is 11.2. The van der Waals surface area contributed by atoms with Gasteiger partial charge < -0.3 is 20.8 Å². The van der Waals surface area contributed by atoms with Gasteiger partial charge in [0.05, 0.1) is 12.8 Å². The molecule has 0 aliphatic rings. The number of rotatable bonds is 11. The summed E-state index contributed by atoms with van der Waals surface area (Å²) in [4.78, 5) is 42.9. The summed E-state index contributed by atoms with van der Waals surface area (Å²) in [6, 6.07) is 0. The summed E-state index contributed by atoms with van der Waals surface area (Å²) in [6.07, 6.45) is 1.29. The number of carboxylic acid groups (broad SMARTS) is 2. The van der Waals surface area contributed by atoms with Gasteiger partial charge in [-0.25, -0.2) is 0 Å². The summed E-state index contributed by atoms with van der Waals surface area (Å²) in [5.74, 6) is -2.42. The summed E-state index contributed by atoms with van der Waals surface area (Å²) in [7, 11) is 0. The SMILES string of the molecule is O=C(O)CCNC(=O)CCCCC(=O)NCCC(=O)O. The smallest absolute Gasteiger partial charge is 0.305 e. The number of hydrogen-bond acceptors (Lipinski definition) is 4. The van der Waals surface area contributed by atoms with E-state index in [9.17, 15) is 19.2 Å². The van der Waals surface area contributed by atoms with E-state index in [-0.39, 0.29) is 50.6 Å². The molecular formula is C12H20N2O6. The molecule has 0 heterocycles. The lowest BCUT2D eigenvalue weighted by molar-refractivity contribution is -0.138.